The third-order valence-corrected chi connectivity index (χ3v) is 6.06. The van der Waals surface area contributed by atoms with Crippen molar-refractivity contribution in [3.05, 3.63) is 63.2 Å². The first-order valence-electron chi connectivity index (χ1n) is 8.53. The molecule has 0 fully saturated rings. The summed E-state index contributed by atoms with van der Waals surface area (Å²) in [5.41, 5.74) is 8.51. The number of carbonyl (C=O) groups is 2. The van der Waals surface area contributed by atoms with Gasteiger partial charge >= 0.3 is 12.1 Å². The Bertz CT molecular complexity index is 1100. The van der Waals surface area contributed by atoms with Crippen molar-refractivity contribution in [2.24, 2.45) is 5.73 Å². The zero-order valence-electron chi connectivity index (χ0n) is 15.2. The van der Waals surface area contributed by atoms with Crippen molar-refractivity contribution in [3.63, 3.8) is 0 Å². The molecule has 30 heavy (non-hydrogen) atoms. The van der Waals surface area contributed by atoms with E-state index in [1.165, 1.54) is 11.3 Å². The monoisotopic (exact) mass is 501 g/mol. The minimum absolute atomic E-state index is 0.0306. The molecule has 3 heterocycles. The molecule has 3 N–H and O–H groups in total. The molecule has 0 bridgehead atoms. The van der Waals surface area contributed by atoms with Crippen LogP contribution in [0.2, 0.25) is 0 Å². The van der Waals surface area contributed by atoms with Crippen molar-refractivity contribution in [2.45, 2.75) is 18.8 Å². The number of fused-ring (bicyclic) bond motifs is 2. The number of carbonyl (C=O) groups excluding carboxylic acids is 1. The van der Waals surface area contributed by atoms with Gasteiger partial charge in [-0.05, 0) is 33.1 Å². The molecule has 1 aliphatic heterocycles. The molecule has 6 nitrogen and oxygen atoms in total. The minimum Gasteiger partial charge on any atom is -0.475 e. The summed E-state index contributed by atoms with van der Waals surface area (Å²) in [4.78, 5) is 28.5. The quantitative estimate of drug-likeness (QED) is 0.516. The van der Waals surface area contributed by atoms with Gasteiger partial charge in [-0.2, -0.15) is 13.2 Å². The second kappa shape index (κ2) is 8.70. The predicted octanol–water partition coefficient (Wildman–Crippen LogP) is 4.35. The second-order valence-corrected chi connectivity index (χ2v) is 8.38. The number of carboxylic acids is 1. The fourth-order valence-corrected chi connectivity index (χ4v) is 4.59. The van der Waals surface area contributed by atoms with Crippen LogP contribution in [0.4, 0.5) is 13.2 Å². The van der Waals surface area contributed by atoms with E-state index in [4.69, 9.17) is 15.6 Å². The fourth-order valence-electron chi connectivity index (χ4n) is 2.99. The molecule has 0 saturated heterocycles. The number of pyridine rings is 1. The first-order valence-corrected chi connectivity index (χ1v) is 10.1. The number of nitrogens with zero attached hydrogens (tertiary/aromatic N) is 2. The van der Waals surface area contributed by atoms with Crippen molar-refractivity contribution in [3.8, 4) is 0 Å². The van der Waals surface area contributed by atoms with Gasteiger partial charge in [0.25, 0.3) is 5.91 Å². The molecule has 2 aromatic heterocycles. The van der Waals surface area contributed by atoms with Crippen LogP contribution in [0.5, 0.6) is 0 Å². The van der Waals surface area contributed by atoms with Gasteiger partial charge in [0.2, 0.25) is 0 Å². The normalized spacial score (nSPS) is 15.9. The number of thiophene rings is 1. The van der Waals surface area contributed by atoms with Gasteiger partial charge in [0.05, 0.1) is 9.58 Å². The summed E-state index contributed by atoms with van der Waals surface area (Å²) in [6.45, 7) is 1.15. The van der Waals surface area contributed by atoms with E-state index >= 15 is 0 Å². The molecule has 158 valence electrons. The summed E-state index contributed by atoms with van der Waals surface area (Å²) >= 11 is 4.96. The molecule has 4 rings (SSSR count). The van der Waals surface area contributed by atoms with E-state index in [0.29, 0.717) is 13.1 Å². The molecule has 1 atom stereocenters. The number of hydrogen-bond acceptors (Lipinski definition) is 5. The Morgan fingerprint density at radius 1 is 1.27 bits per heavy atom. The number of hydrogen-bond donors (Lipinski definition) is 2. The fraction of sp³-hybridized carbons (Fsp3) is 0.211. The Morgan fingerprint density at radius 2 is 1.93 bits per heavy atom. The zero-order valence-corrected chi connectivity index (χ0v) is 17.6. The summed E-state index contributed by atoms with van der Waals surface area (Å²) in [7, 11) is 0. The first-order chi connectivity index (χ1) is 14.1. The average Bonchev–Trinajstić information content (AvgIpc) is 3.13. The first kappa shape index (κ1) is 22.2. The highest BCUT2D eigenvalue weighted by Crippen LogP contribution is 2.33. The van der Waals surface area contributed by atoms with Gasteiger partial charge in [0, 0.05) is 41.4 Å². The molecule has 11 heteroatoms. The lowest BCUT2D eigenvalue weighted by Crippen LogP contribution is -2.40. The molecule has 1 unspecified atom stereocenters. The molecular weight excluding hydrogens is 487 g/mol. The maximum Gasteiger partial charge on any atom is 0.490 e. The van der Waals surface area contributed by atoms with Crippen LogP contribution >= 0.6 is 27.3 Å². The van der Waals surface area contributed by atoms with Crippen LogP contribution in [0.15, 0.2) is 47.2 Å². The van der Waals surface area contributed by atoms with Crippen molar-refractivity contribution in [2.75, 3.05) is 6.54 Å². The number of carboxylic acid groups (broad SMARTS) is 1. The zero-order chi connectivity index (χ0) is 22.1. The number of nitrogens with two attached hydrogens (primary N) is 1. The van der Waals surface area contributed by atoms with Gasteiger partial charge in [-0.25, -0.2) is 4.79 Å². The van der Waals surface area contributed by atoms with E-state index in [1.54, 1.807) is 12.4 Å². The van der Waals surface area contributed by atoms with Crippen LogP contribution in [0.1, 0.15) is 26.8 Å². The van der Waals surface area contributed by atoms with E-state index in [0.717, 1.165) is 30.6 Å². The SMILES string of the molecule is NC1CN(C(=O)c2cc3c(Br)cncc3s2)Cc2ccccc21.O=C(O)C(F)(F)F. The number of rotatable bonds is 1. The number of alkyl halides is 3. The maximum atomic E-state index is 12.9. The van der Waals surface area contributed by atoms with Crippen molar-refractivity contribution in [1.82, 2.24) is 9.88 Å². The standard InChI is InChI=1S/C17H14BrN3OS.C2HF3O2/c18-13-6-20-7-16-12(13)5-15(23-16)17(22)21-8-10-3-1-2-4-11(10)14(19)9-21;3-2(4,5)1(6)7/h1-7,14H,8-9,19H2;(H,6,7). The van der Waals surface area contributed by atoms with Crippen molar-refractivity contribution < 1.29 is 27.9 Å². The summed E-state index contributed by atoms with van der Waals surface area (Å²) in [5.74, 6) is -2.73. The second-order valence-electron chi connectivity index (χ2n) is 6.44. The van der Waals surface area contributed by atoms with Crippen molar-refractivity contribution >= 4 is 49.2 Å². The summed E-state index contributed by atoms with van der Waals surface area (Å²) in [6, 6.07) is 9.87. The van der Waals surface area contributed by atoms with Gasteiger partial charge < -0.3 is 15.7 Å². The molecule has 0 aliphatic carbocycles. The van der Waals surface area contributed by atoms with E-state index < -0.39 is 12.1 Å². The predicted molar refractivity (Wildman–Crippen MR) is 109 cm³/mol. The van der Waals surface area contributed by atoms with Crippen LogP contribution in [-0.2, 0) is 11.3 Å². The number of benzene rings is 1. The van der Waals surface area contributed by atoms with Crippen LogP contribution < -0.4 is 5.73 Å². The van der Waals surface area contributed by atoms with Gasteiger partial charge in [0.1, 0.15) is 0 Å². The Balaban J connectivity index is 0.000000318. The third kappa shape index (κ3) is 4.79. The molecule has 1 aromatic carbocycles. The lowest BCUT2D eigenvalue weighted by atomic mass is 9.96. The minimum atomic E-state index is -5.08. The number of halogens is 4. The molecule has 3 aromatic rings. The molecule has 0 spiro atoms. The van der Waals surface area contributed by atoms with Gasteiger partial charge in [0.15, 0.2) is 0 Å². The number of amides is 1. The topological polar surface area (TPSA) is 96.5 Å². The lowest BCUT2D eigenvalue weighted by molar-refractivity contribution is -0.192. The van der Waals surface area contributed by atoms with Crippen LogP contribution in [0, 0.1) is 0 Å². The van der Waals surface area contributed by atoms with Crippen molar-refractivity contribution in [1.29, 1.82) is 0 Å². The van der Waals surface area contributed by atoms with Gasteiger partial charge in [-0.3, -0.25) is 9.78 Å². The number of aromatic nitrogens is 1. The molecule has 1 amide bonds. The van der Waals surface area contributed by atoms with E-state index in [1.807, 2.05) is 35.2 Å². The van der Waals surface area contributed by atoms with Gasteiger partial charge in [-0.15, -0.1) is 11.3 Å². The Hall–Kier alpha value is -2.50. The number of aliphatic carboxylic acids is 1. The summed E-state index contributed by atoms with van der Waals surface area (Å²) in [6.07, 6.45) is -1.55. The third-order valence-electron chi connectivity index (χ3n) is 4.37. The van der Waals surface area contributed by atoms with E-state index in [9.17, 15) is 18.0 Å². The summed E-state index contributed by atoms with van der Waals surface area (Å²) in [5, 5.41) is 8.15. The van der Waals surface area contributed by atoms with Gasteiger partial charge in [-0.1, -0.05) is 24.3 Å². The Kier molecular flexibility index (Phi) is 6.44. The molecule has 1 aliphatic rings. The largest absolute Gasteiger partial charge is 0.490 e. The smallest absolute Gasteiger partial charge is 0.475 e. The average molecular weight is 502 g/mol. The maximum absolute atomic E-state index is 12.9. The van der Waals surface area contributed by atoms with E-state index in [-0.39, 0.29) is 11.9 Å². The Labute approximate surface area is 181 Å². The Morgan fingerprint density at radius 3 is 2.57 bits per heavy atom. The van der Waals surface area contributed by atoms with Crippen LogP contribution in [-0.4, -0.2) is 39.6 Å². The summed E-state index contributed by atoms with van der Waals surface area (Å²) < 4.78 is 33.6. The van der Waals surface area contributed by atoms with Crippen LogP contribution in [0.25, 0.3) is 10.1 Å². The van der Waals surface area contributed by atoms with E-state index in [2.05, 4.69) is 20.9 Å². The molecular formula is C19H15BrF3N3O3S. The highest BCUT2D eigenvalue weighted by atomic mass is 79.9. The lowest BCUT2D eigenvalue weighted by Gasteiger charge is -2.32. The van der Waals surface area contributed by atoms with Crippen LogP contribution in [0.3, 0.4) is 0 Å². The molecule has 0 saturated carbocycles. The highest BCUT2D eigenvalue weighted by molar-refractivity contribution is 9.10. The molecule has 0 radical (unpaired) electrons. The highest BCUT2D eigenvalue weighted by Gasteiger charge is 2.38.